The van der Waals surface area contributed by atoms with E-state index in [9.17, 15) is 4.79 Å². The third kappa shape index (κ3) is 2.85. The highest BCUT2D eigenvalue weighted by Crippen LogP contribution is 2.13. The van der Waals surface area contributed by atoms with Crippen molar-refractivity contribution < 1.29 is 9.21 Å². The van der Waals surface area contributed by atoms with Crippen LogP contribution in [0.3, 0.4) is 0 Å². The molecule has 0 bridgehead atoms. The second-order valence-corrected chi connectivity index (χ2v) is 3.96. The van der Waals surface area contributed by atoms with Crippen LogP contribution in [0.25, 0.3) is 0 Å². The van der Waals surface area contributed by atoms with Crippen molar-refractivity contribution in [2.45, 2.75) is 13.5 Å². The minimum absolute atomic E-state index is 0.204. The Bertz CT molecular complexity index is 537. The molecule has 2 rings (SSSR count). The van der Waals surface area contributed by atoms with Crippen LogP contribution < -0.4 is 5.32 Å². The van der Waals surface area contributed by atoms with Crippen molar-refractivity contribution in [3.8, 4) is 0 Å². The zero-order chi connectivity index (χ0) is 12.3. The largest absolute Gasteiger partial charge is 0.440 e. The summed E-state index contributed by atoms with van der Waals surface area (Å²) in [5, 5.41) is 2.95. The molecule has 1 N–H and O–H groups in total. The number of hydrogen-bond acceptors (Lipinski definition) is 3. The lowest BCUT2D eigenvalue weighted by atomic mass is 10.1. The van der Waals surface area contributed by atoms with Crippen molar-refractivity contribution in [2.75, 3.05) is 0 Å². The molecule has 0 atom stereocenters. The number of nitrogens with one attached hydrogen (secondary N) is 1. The van der Waals surface area contributed by atoms with Gasteiger partial charge in [-0.1, -0.05) is 0 Å². The molecular formula is C12H11ClN2O2. The molecule has 4 nitrogen and oxygen atoms in total. The zero-order valence-electron chi connectivity index (χ0n) is 9.24. The molecule has 2 aromatic heterocycles. The second kappa shape index (κ2) is 5.01. The Kier molecular flexibility index (Phi) is 3.44. The average molecular weight is 251 g/mol. The molecule has 17 heavy (non-hydrogen) atoms. The highest BCUT2D eigenvalue weighted by Gasteiger charge is 2.10. The van der Waals surface area contributed by atoms with Gasteiger partial charge in [0.25, 0.3) is 5.91 Å². The van der Waals surface area contributed by atoms with Gasteiger partial charge < -0.3 is 9.73 Å². The van der Waals surface area contributed by atoms with E-state index in [-0.39, 0.29) is 16.9 Å². The van der Waals surface area contributed by atoms with E-state index >= 15 is 0 Å². The number of pyridine rings is 1. The van der Waals surface area contributed by atoms with Gasteiger partial charge in [0.2, 0.25) is 0 Å². The fourth-order valence-electron chi connectivity index (χ4n) is 1.40. The molecule has 0 aliphatic rings. The van der Waals surface area contributed by atoms with Crippen molar-refractivity contribution >= 4 is 17.5 Å². The number of rotatable bonds is 3. The number of nitrogens with zero attached hydrogens (tertiary/aromatic N) is 1. The molecule has 0 fully saturated rings. The molecule has 2 heterocycles. The lowest BCUT2D eigenvalue weighted by Crippen LogP contribution is -2.22. The molecular weight excluding hydrogens is 240 g/mol. The number of carbonyl (C=O) groups is 1. The first-order valence-corrected chi connectivity index (χ1v) is 5.47. The lowest BCUT2D eigenvalue weighted by Gasteiger charge is -2.05. The van der Waals surface area contributed by atoms with Gasteiger partial charge in [-0.25, -0.2) is 0 Å². The normalized spacial score (nSPS) is 10.2. The SMILES string of the molecule is Cc1cnccc1CNC(=O)c1ccc(Cl)o1. The van der Waals surface area contributed by atoms with Crippen molar-refractivity contribution in [2.24, 2.45) is 0 Å². The summed E-state index contributed by atoms with van der Waals surface area (Å²) in [4.78, 5) is 15.6. The Balaban J connectivity index is 1.99. The summed E-state index contributed by atoms with van der Waals surface area (Å²) in [6.45, 7) is 2.38. The van der Waals surface area contributed by atoms with E-state index in [2.05, 4.69) is 10.3 Å². The maximum atomic E-state index is 11.7. The van der Waals surface area contributed by atoms with Gasteiger partial charge in [0.05, 0.1) is 0 Å². The Labute approximate surface area is 104 Å². The molecule has 0 saturated heterocycles. The van der Waals surface area contributed by atoms with Crippen LogP contribution in [0.4, 0.5) is 0 Å². The van der Waals surface area contributed by atoms with Gasteiger partial charge in [-0.3, -0.25) is 9.78 Å². The van der Waals surface area contributed by atoms with Crippen LogP contribution in [0.1, 0.15) is 21.7 Å². The van der Waals surface area contributed by atoms with Crippen molar-refractivity contribution in [3.63, 3.8) is 0 Å². The van der Waals surface area contributed by atoms with Gasteiger partial charge >= 0.3 is 0 Å². The van der Waals surface area contributed by atoms with Gasteiger partial charge in [0.15, 0.2) is 11.0 Å². The molecule has 0 aliphatic carbocycles. The van der Waals surface area contributed by atoms with E-state index in [0.717, 1.165) is 11.1 Å². The van der Waals surface area contributed by atoms with E-state index in [0.29, 0.717) is 6.54 Å². The molecule has 0 saturated carbocycles. The van der Waals surface area contributed by atoms with E-state index in [4.69, 9.17) is 16.0 Å². The Morgan fingerprint density at radius 3 is 2.94 bits per heavy atom. The highest BCUT2D eigenvalue weighted by molar-refractivity contribution is 6.29. The van der Waals surface area contributed by atoms with Crippen LogP contribution in [0.5, 0.6) is 0 Å². The average Bonchev–Trinajstić information content (AvgIpc) is 2.74. The van der Waals surface area contributed by atoms with Crippen LogP contribution in [-0.4, -0.2) is 10.9 Å². The fourth-order valence-corrected chi connectivity index (χ4v) is 1.55. The minimum atomic E-state index is -0.284. The maximum Gasteiger partial charge on any atom is 0.287 e. The fraction of sp³-hybridized carbons (Fsp3) is 0.167. The van der Waals surface area contributed by atoms with Gasteiger partial charge in [-0.2, -0.15) is 0 Å². The number of aryl methyl sites for hydroxylation is 1. The first-order chi connectivity index (χ1) is 8.16. The lowest BCUT2D eigenvalue weighted by molar-refractivity contribution is 0.0923. The molecule has 0 radical (unpaired) electrons. The maximum absolute atomic E-state index is 11.7. The number of aromatic nitrogens is 1. The van der Waals surface area contributed by atoms with Crippen LogP contribution in [0.15, 0.2) is 35.0 Å². The highest BCUT2D eigenvalue weighted by atomic mass is 35.5. The Morgan fingerprint density at radius 1 is 1.47 bits per heavy atom. The third-order valence-corrected chi connectivity index (χ3v) is 2.58. The van der Waals surface area contributed by atoms with E-state index in [1.807, 2.05) is 13.0 Å². The van der Waals surface area contributed by atoms with Gasteiger partial charge in [0, 0.05) is 18.9 Å². The number of halogens is 1. The predicted octanol–water partition coefficient (Wildman–Crippen LogP) is 2.57. The number of furan rings is 1. The quantitative estimate of drug-likeness (QED) is 0.911. The molecule has 0 aliphatic heterocycles. The summed E-state index contributed by atoms with van der Waals surface area (Å²) in [5.74, 6) is -0.0742. The van der Waals surface area contributed by atoms with Crippen molar-refractivity contribution in [3.05, 3.63) is 52.7 Å². The van der Waals surface area contributed by atoms with E-state index < -0.39 is 0 Å². The Hall–Kier alpha value is -1.81. The summed E-state index contributed by atoms with van der Waals surface area (Å²) in [7, 11) is 0. The third-order valence-electron chi connectivity index (χ3n) is 2.37. The summed E-state index contributed by atoms with van der Waals surface area (Å²) in [6.07, 6.45) is 3.45. The molecule has 2 aromatic rings. The molecule has 0 spiro atoms. The smallest absolute Gasteiger partial charge is 0.287 e. The minimum Gasteiger partial charge on any atom is -0.440 e. The number of hydrogen-bond donors (Lipinski definition) is 1. The summed E-state index contributed by atoms with van der Waals surface area (Å²) in [5.41, 5.74) is 2.05. The summed E-state index contributed by atoms with van der Waals surface area (Å²) >= 11 is 5.59. The molecule has 0 unspecified atom stereocenters. The van der Waals surface area contributed by atoms with Crippen molar-refractivity contribution in [1.29, 1.82) is 0 Å². The zero-order valence-corrected chi connectivity index (χ0v) is 9.99. The predicted molar refractivity (Wildman–Crippen MR) is 63.9 cm³/mol. The topological polar surface area (TPSA) is 55.1 Å². The van der Waals surface area contributed by atoms with Crippen molar-refractivity contribution in [1.82, 2.24) is 10.3 Å². The first-order valence-electron chi connectivity index (χ1n) is 5.10. The van der Waals surface area contributed by atoms with Crippen LogP contribution >= 0.6 is 11.6 Å². The molecule has 1 amide bonds. The van der Waals surface area contributed by atoms with Gasteiger partial charge in [-0.05, 0) is 47.9 Å². The second-order valence-electron chi connectivity index (χ2n) is 3.59. The Morgan fingerprint density at radius 2 is 2.29 bits per heavy atom. The van der Waals surface area contributed by atoms with Crippen LogP contribution in [0.2, 0.25) is 5.22 Å². The van der Waals surface area contributed by atoms with Crippen LogP contribution in [-0.2, 0) is 6.54 Å². The summed E-state index contributed by atoms with van der Waals surface area (Å²) < 4.78 is 5.00. The number of amides is 1. The standard InChI is InChI=1S/C12H11ClN2O2/c1-8-6-14-5-4-9(8)7-15-12(16)10-2-3-11(13)17-10/h2-6H,7H2,1H3,(H,15,16). The molecule has 5 heteroatoms. The monoisotopic (exact) mass is 250 g/mol. The number of carbonyl (C=O) groups excluding carboxylic acids is 1. The van der Waals surface area contributed by atoms with Gasteiger partial charge in [0.1, 0.15) is 0 Å². The van der Waals surface area contributed by atoms with Crippen LogP contribution in [0, 0.1) is 6.92 Å². The van der Waals surface area contributed by atoms with E-state index in [1.165, 1.54) is 12.1 Å². The molecule has 88 valence electrons. The molecule has 0 aromatic carbocycles. The summed E-state index contributed by atoms with van der Waals surface area (Å²) in [6, 6.07) is 4.94. The van der Waals surface area contributed by atoms with E-state index in [1.54, 1.807) is 12.4 Å². The van der Waals surface area contributed by atoms with Gasteiger partial charge in [-0.15, -0.1) is 0 Å². The first kappa shape index (κ1) is 11.7.